The molecule has 0 N–H and O–H groups in total. The lowest BCUT2D eigenvalue weighted by molar-refractivity contribution is -0.00514. The van der Waals surface area contributed by atoms with Crippen molar-refractivity contribution in [2.24, 2.45) is 17.8 Å². The van der Waals surface area contributed by atoms with Crippen LogP contribution in [0.4, 0.5) is 34.3 Å². The lowest BCUT2D eigenvalue weighted by Crippen LogP contribution is -2.61. The van der Waals surface area contributed by atoms with Crippen molar-refractivity contribution in [3.8, 4) is 11.1 Å². The number of para-hydroxylation sites is 1. The number of rotatable bonds is 4. The van der Waals surface area contributed by atoms with Gasteiger partial charge in [0, 0.05) is 39.0 Å². The van der Waals surface area contributed by atoms with Crippen LogP contribution in [0.2, 0.25) is 0 Å². The number of fused-ring (bicyclic) bond motifs is 8. The summed E-state index contributed by atoms with van der Waals surface area (Å²) < 4.78 is 58.0. The van der Waals surface area contributed by atoms with Crippen LogP contribution in [0.1, 0.15) is 104 Å². The molecule has 4 bridgehead atoms. The van der Waals surface area contributed by atoms with E-state index >= 15 is 0 Å². The maximum absolute atomic E-state index is 9.01. The number of hydrogen-bond acceptors (Lipinski definition) is 4. The van der Waals surface area contributed by atoms with E-state index in [0.717, 1.165) is 85.0 Å². The minimum Gasteiger partial charge on any atom is -0.468 e. The minimum absolute atomic E-state index is 0.0171. The highest BCUT2D eigenvalue weighted by Crippen LogP contribution is 2.62. The summed E-state index contributed by atoms with van der Waals surface area (Å²) >= 11 is 0. The van der Waals surface area contributed by atoms with E-state index in [4.69, 9.17) is 15.7 Å². The van der Waals surface area contributed by atoms with E-state index in [1.807, 2.05) is 24.3 Å². The third-order valence-electron chi connectivity index (χ3n) is 15.6. The Bertz CT molecular complexity index is 3370. The molecule has 4 nitrogen and oxygen atoms in total. The fraction of sp³-hybridized carbons (Fsp3) is 0.310. The first-order chi connectivity index (χ1) is 32.5. The quantitative estimate of drug-likeness (QED) is 0.166. The van der Waals surface area contributed by atoms with Crippen LogP contribution < -0.4 is 26.4 Å². The Kier molecular flexibility index (Phi) is 6.78. The zero-order chi connectivity index (χ0) is 46.9. The molecule has 0 amide bonds. The van der Waals surface area contributed by atoms with E-state index in [0.29, 0.717) is 11.1 Å². The summed E-state index contributed by atoms with van der Waals surface area (Å²) in [6.45, 7) is 13.2. The average Bonchev–Trinajstić information content (AvgIpc) is 3.88. The molecule has 6 aromatic carbocycles. The first-order valence-electron chi connectivity index (χ1n) is 25.6. The largest absolute Gasteiger partial charge is 0.468 e. The van der Waals surface area contributed by atoms with E-state index in [1.54, 1.807) is 0 Å². The standard InChI is InChI=1S/C58H55BN2O2/c1-56(2,3)40-17-21-43(22-18-40)60-47-30-42(58-32-35-26-36(33-58)28-37(27-35)34-58)31-48-52(47)59(54-53(60)46-29-39(16-25-50(46)62-54)38-12-8-7-9-13-38)51-45-14-10-11-15-49(45)63-55(51)61(48)44-23-19-41(20-24-44)57(4,5)6/h7-25,29-31,35-37H,26-28,32-34H2,1-6H3/i7D,8D,9D,12D,13D. The van der Waals surface area contributed by atoms with Crippen LogP contribution in [-0.4, -0.2) is 6.71 Å². The molecular weight excluding hydrogens is 767 g/mol. The number of anilines is 6. The zero-order valence-electron chi connectivity index (χ0n) is 42.1. The lowest BCUT2D eigenvalue weighted by atomic mass is 9.35. The molecule has 2 aromatic heterocycles. The zero-order valence-corrected chi connectivity index (χ0v) is 37.1. The summed E-state index contributed by atoms with van der Waals surface area (Å²) in [7, 11) is 0. The van der Waals surface area contributed by atoms with E-state index < -0.39 is 6.04 Å². The Balaban J connectivity index is 1.15. The van der Waals surface area contributed by atoms with Gasteiger partial charge in [-0.3, -0.25) is 4.90 Å². The number of benzene rings is 6. The summed E-state index contributed by atoms with van der Waals surface area (Å²) in [6.07, 6.45) is 7.66. The predicted octanol–water partition coefficient (Wildman–Crippen LogP) is 14.0. The van der Waals surface area contributed by atoms with E-state index in [-0.39, 0.29) is 52.7 Å². The molecule has 63 heavy (non-hydrogen) atoms. The van der Waals surface area contributed by atoms with Crippen molar-refractivity contribution < 1.29 is 15.7 Å². The van der Waals surface area contributed by atoms with Crippen LogP contribution in [0, 0.1) is 17.8 Å². The van der Waals surface area contributed by atoms with Crippen molar-refractivity contribution in [1.82, 2.24) is 0 Å². The van der Waals surface area contributed by atoms with Gasteiger partial charge in [-0.25, -0.2) is 0 Å². The second-order valence-electron chi connectivity index (χ2n) is 21.7. The molecular formula is C58H55BN2O2. The monoisotopic (exact) mass is 827 g/mol. The SMILES string of the molecule is [2H]c1c([2H])c([2H])c(-c2ccc3oc4c(c3c2)N(c2ccc(C(C)(C)C)cc2)c2cc(C35CC6CC(CC(C6)C3)C5)cc3c2B4c2c(oc4ccccc24)N3c2ccc(C(C)(C)C)cc2)c([2H])c1[2H]. The highest BCUT2D eigenvalue weighted by molar-refractivity contribution is 7.01. The minimum atomic E-state index is -0.405. The normalized spacial score (nSPS) is 23.3. The van der Waals surface area contributed by atoms with E-state index in [2.05, 4.69) is 130 Å². The van der Waals surface area contributed by atoms with E-state index in [1.165, 1.54) is 55.2 Å². The van der Waals surface area contributed by atoms with Gasteiger partial charge >= 0.3 is 6.71 Å². The van der Waals surface area contributed by atoms with Crippen LogP contribution >= 0.6 is 0 Å². The summed E-state index contributed by atoms with van der Waals surface area (Å²) in [5.41, 5.74) is 14.2. The second kappa shape index (κ2) is 13.1. The Hall–Kier alpha value is -5.94. The smallest absolute Gasteiger partial charge is 0.302 e. The van der Waals surface area contributed by atoms with E-state index in [9.17, 15) is 0 Å². The van der Waals surface area contributed by atoms with Gasteiger partial charge in [0.2, 0.25) is 5.88 Å². The molecule has 0 saturated heterocycles. The van der Waals surface area contributed by atoms with Gasteiger partial charge < -0.3 is 13.7 Å². The van der Waals surface area contributed by atoms with Crippen molar-refractivity contribution >= 4 is 79.6 Å². The molecule has 14 rings (SSSR count). The topological polar surface area (TPSA) is 32.8 Å². The molecule has 4 heterocycles. The highest BCUT2D eigenvalue weighted by Gasteiger charge is 2.54. The molecule has 8 aromatic rings. The summed E-state index contributed by atoms with van der Waals surface area (Å²) in [4.78, 5) is 4.82. The first-order valence-corrected chi connectivity index (χ1v) is 23.1. The summed E-state index contributed by atoms with van der Waals surface area (Å²) in [5, 5.41) is 1.84. The Morgan fingerprint density at radius 1 is 0.587 bits per heavy atom. The first kappa shape index (κ1) is 32.7. The number of hydrogen-bond donors (Lipinski definition) is 0. The maximum atomic E-state index is 9.01. The fourth-order valence-corrected chi connectivity index (χ4v) is 13.0. The molecule has 4 fully saturated rings. The molecule has 0 spiro atoms. The van der Waals surface area contributed by atoms with Crippen molar-refractivity contribution in [1.29, 1.82) is 0 Å². The Labute approximate surface area is 379 Å². The molecule has 6 aliphatic rings. The molecule has 2 aliphatic heterocycles. The van der Waals surface area contributed by atoms with Crippen molar-refractivity contribution in [2.45, 2.75) is 96.3 Å². The van der Waals surface area contributed by atoms with Gasteiger partial charge in [0.25, 0.3) is 0 Å². The molecule has 5 heteroatoms. The van der Waals surface area contributed by atoms with Gasteiger partial charge in [-0.15, -0.1) is 0 Å². The third-order valence-corrected chi connectivity index (χ3v) is 15.6. The molecule has 0 radical (unpaired) electrons. The Morgan fingerprint density at radius 2 is 1.16 bits per heavy atom. The van der Waals surface area contributed by atoms with Crippen LogP contribution in [-0.2, 0) is 16.2 Å². The summed E-state index contributed by atoms with van der Waals surface area (Å²) in [5.74, 6) is 3.02. The van der Waals surface area contributed by atoms with Gasteiger partial charge in [-0.05, 0) is 160 Å². The average molecular weight is 828 g/mol. The van der Waals surface area contributed by atoms with Crippen LogP contribution in [0.15, 0.2) is 142 Å². The van der Waals surface area contributed by atoms with Gasteiger partial charge in [-0.2, -0.15) is 0 Å². The van der Waals surface area contributed by atoms with Crippen LogP contribution in [0.25, 0.3) is 33.1 Å². The second-order valence-corrected chi connectivity index (χ2v) is 21.7. The summed E-state index contributed by atoms with van der Waals surface area (Å²) in [6, 6.07) is 35.7. The van der Waals surface area contributed by atoms with Gasteiger partial charge in [0.15, 0.2) is 0 Å². The fourth-order valence-electron chi connectivity index (χ4n) is 13.0. The molecule has 0 atom stereocenters. The van der Waals surface area contributed by atoms with Crippen molar-refractivity contribution in [3.05, 3.63) is 150 Å². The Morgan fingerprint density at radius 3 is 1.78 bits per heavy atom. The van der Waals surface area contributed by atoms with Gasteiger partial charge in [-0.1, -0.05) is 120 Å². The van der Waals surface area contributed by atoms with Crippen molar-refractivity contribution in [2.75, 3.05) is 9.80 Å². The van der Waals surface area contributed by atoms with Crippen LogP contribution in [0.5, 0.6) is 0 Å². The van der Waals surface area contributed by atoms with Crippen LogP contribution in [0.3, 0.4) is 0 Å². The lowest BCUT2D eigenvalue weighted by Gasteiger charge is -2.57. The molecule has 4 saturated carbocycles. The highest BCUT2D eigenvalue weighted by atomic mass is 16.4. The van der Waals surface area contributed by atoms with Gasteiger partial charge in [0.1, 0.15) is 11.2 Å². The maximum Gasteiger partial charge on any atom is 0.302 e. The molecule has 4 aliphatic carbocycles. The molecule has 0 unspecified atom stereocenters. The third kappa shape index (κ3) is 5.60. The van der Waals surface area contributed by atoms with Gasteiger partial charge in [0.05, 0.1) is 18.2 Å². The number of nitrogens with zero attached hydrogens (tertiary/aromatic N) is 2. The molecule has 312 valence electrons. The number of furan rings is 2. The predicted molar refractivity (Wildman–Crippen MR) is 263 cm³/mol. The van der Waals surface area contributed by atoms with Crippen molar-refractivity contribution in [3.63, 3.8) is 0 Å².